The molecule has 0 saturated heterocycles. The van der Waals surface area contributed by atoms with Crippen LogP contribution in [0.2, 0.25) is 10.8 Å². The minimum atomic E-state index is 0.867. The van der Waals surface area contributed by atoms with Gasteiger partial charge in [-0.2, -0.15) is 0 Å². The molecule has 0 N–H and O–H groups in total. The van der Waals surface area contributed by atoms with Crippen molar-refractivity contribution in [1.29, 1.82) is 0 Å². The molecule has 0 spiro atoms. The predicted molar refractivity (Wildman–Crippen MR) is 229 cm³/mol. The fourth-order valence-electron chi connectivity index (χ4n) is 7.31. The van der Waals surface area contributed by atoms with Gasteiger partial charge in [0.1, 0.15) is 0 Å². The third-order valence-electron chi connectivity index (χ3n) is 10.3. The predicted octanol–water partition coefficient (Wildman–Crippen LogP) is 15.5. The van der Waals surface area contributed by atoms with Gasteiger partial charge in [0.15, 0.2) is 0 Å². The van der Waals surface area contributed by atoms with Gasteiger partial charge >= 0.3 is 34.6 Å². The summed E-state index contributed by atoms with van der Waals surface area (Å²) < 4.78 is 0. The van der Waals surface area contributed by atoms with E-state index in [0.29, 0.717) is 0 Å². The van der Waals surface area contributed by atoms with Crippen molar-refractivity contribution < 1.29 is 22.8 Å². The Morgan fingerprint density at radius 3 is 1.21 bits per heavy atom. The molecule has 0 bridgehead atoms. The summed E-state index contributed by atoms with van der Waals surface area (Å²) in [5.41, 5.74) is 24.2. The molecule has 52 heavy (non-hydrogen) atoms. The first-order valence-corrected chi connectivity index (χ1v) is 24.7. The van der Waals surface area contributed by atoms with Crippen LogP contribution in [0.1, 0.15) is 209 Å². The third-order valence-corrected chi connectivity index (χ3v) is 10.3. The summed E-state index contributed by atoms with van der Waals surface area (Å²) in [6.45, 7) is 16.1. The van der Waals surface area contributed by atoms with Gasteiger partial charge < -0.3 is 5.53 Å². The van der Waals surface area contributed by atoms with Crippen LogP contribution in [0.15, 0.2) is 35.9 Å². The van der Waals surface area contributed by atoms with Crippen molar-refractivity contribution in [3.8, 4) is 0 Å². The quantitative estimate of drug-likeness (QED) is 0.0215. The van der Waals surface area contributed by atoms with E-state index < -0.39 is 0 Å². The molecule has 296 valence electrons. The minimum absolute atomic E-state index is 0.867. The normalized spacial score (nSPS) is 11.3. The number of nitrogens with zero attached hydrogens (tertiary/aromatic N) is 2. The molecule has 0 atom stereocenters. The van der Waals surface area contributed by atoms with E-state index in [-0.39, 0.29) is 0 Å². The molecule has 0 saturated carbocycles. The fraction of sp³-hybridized carbons (Fsp3) is 0.673. The van der Waals surface area contributed by atoms with E-state index in [1.54, 1.807) is 33.4 Å². The van der Waals surface area contributed by atoms with Gasteiger partial charge in [0.25, 0.3) is 0 Å². The molecule has 2 rings (SSSR count). The molecule has 3 heteroatoms. The monoisotopic (exact) mass is 803 g/mol. The van der Waals surface area contributed by atoms with Gasteiger partial charge in [0.2, 0.25) is 0 Å². The van der Waals surface area contributed by atoms with Gasteiger partial charge in [0.05, 0.1) is 5.57 Å². The van der Waals surface area contributed by atoms with E-state index >= 15 is 0 Å². The zero-order valence-electron chi connectivity index (χ0n) is 35.6. The molecule has 0 radical (unpaired) electrons. The maximum atomic E-state index is 9.72. The van der Waals surface area contributed by atoms with Crippen molar-refractivity contribution in [3.63, 3.8) is 0 Å². The summed E-state index contributed by atoms with van der Waals surface area (Å²) >= 11 is 0.950. The molecule has 0 aliphatic carbocycles. The molecule has 0 fully saturated rings. The summed E-state index contributed by atoms with van der Waals surface area (Å²) in [7, 11) is 0. The Morgan fingerprint density at radius 1 is 0.519 bits per heavy atom. The first kappa shape index (κ1) is 48.0. The van der Waals surface area contributed by atoms with E-state index in [0.717, 1.165) is 68.5 Å². The van der Waals surface area contributed by atoms with Crippen molar-refractivity contribution in [2.75, 3.05) is 0 Å². The van der Waals surface area contributed by atoms with Crippen LogP contribution < -0.4 is 0 Å². The summed E-state index contributed by atoms with van der Waals surface area (Å²) in [4.78, 5) is 3.45. The number of unbranched alkanes of at least 4 members (excludes halogenated alkanes) is 10. The molecular formula is C49H80N2Pd. The standard InChI is InChI=1S/C47H74N2.2CH3.Pd/c1-8-15-22-28-41-35-44(36-42(29-23-16-9-2)46(41)31-24-17-10-3)47(32-38(37-49-48)25-18-11-4)43-33-39(26-19-12-5)45(30-21-14-7)40(34-43)27-20-13-6;;;/h32-36H,8-31H2,1-7H3;2*1H3;. The van der Waals surface area contributed by atoms with Gasteiger partial charge in [-0.25, -0.2) is 0 Å². The average Bonchev–Trinajstić information content (AvgIpc) is 3.14. The van der Waals surface area contributed by atoms with Gasteiger partial charge in [-0.3, -0.25) is 0 Å². The Labute approximate surface area is 331 Å². The molecule has 0 aliphatic heterocycles. The molecular weight excluding hydrogens is 723 g/mol. The first-order chi connectivity index (χ1) is 25.4. The van der Waals surface area contributed by atoms with E-state index in [1.807, 2.05) is 0 Å². The summed E-state index contributed by atoms with van der Waals surface area (Å²) in [6.07, 6.45) is 31.1. The van der Waals surface area contributed by atoms with Crippen LogP contribution in [0, 0.1) is 0 Å². The van der Waals surface area contributed by atoms with Crippen molar-refractivity contribution in [1.82, 2.24) is 0 Å². The second kappa shape index (κ2) is 31.4. The molecule has 2 nitrogen and oxygen atoms in total. The number of hydrogen-bond acceptors (Lipinski definition) is 0. The number of rotatable bonds is 27. The second-order valence-electron chi connectivity index (χ2n) is 14.9. The van der Waals surface area contributed by atoms with Crippen molar-refractivity contribution in [2.24, 2.45) is 0 Å². The molecule has 0 aliphatic rings. The molecule has 2 aromatic carbocycles. The molecule has 0 heterocycles. The van der Waals surface area contributed by atoms with E-state index in [2.05, 4.69) is 100 Å². The Morgan fingerprint density at radius 2 is 0.846 bits per heavy atom. The fourth-order valence-corrected chi connectivity index (χ4v) is 7.31. The maximum absolute atomic E-state index is 9.72. The second-order valence-corrected chi connectivity index (χ2v) is 16.5. The van der Waals surface area contributed by atoms with Crippen LogP contribution in [0.3, 0.4) is 0 Å². The van der Waals surface area contributed by atoms with Gasteiger partial charge in [-0.15, -0.1) is 4.79 Å². The van der Waals surface area contributed by atoms with Gasteiger partial charge in [-0.05, 0) is 146 Å². The zero-order valence-corrected chi connectivity index (χ0v) is 37.1. The van der Waals surface area contributed by atoms with E-state index in [1.165, 1.54) is 126 Å². The van der Waals surface area contributed by atoms with E-state index in [9.17, 15) is 5.53 Å². The average molecular weight is 804 g/mol. The first-order valence-electron chi connectivity index (χ1n) is 21.6. The van der Waals surface area contributed by atoms with Crippen LogP contribution in [-0.4, -0.2) is 10.7 Å². The molecule has 0 unspecified atom stereocenters. The van der Waals surface area contributed by atoms with Crippen LogP contribution in [0.5, 0.6) is 0 Å². The van der Waals surface area contributed by atoms with Crippen LogP contribution >= 0.6 is 0 Å². The van der Waals surface area contributed by atoms with Crippen molar-refractivity contribution in [3.05, 3.63) is 86.0 Å². The Bertz CT molecular complexity index is 1300. The summed E-state index contributed by atoms with van der Waals surface area (Å²) in [5.74, 6) is 3.00. The van der Waals surface area contributed by atoms with E-state index in [4.69, 9.17) is 0 Å². The molecule has 2 aromatic rings. The molecule has 0 aromatic heterocycles. The van der Waals surface area contributed by atoms with Gasteiger partial charge in [0, 0.05) is 0 Å². The van der Waals surface area contributed by atoms with Crippen molar-refractivity contribution >= 4 is 11.4 Å². The van der Waals surface area contributed by atoms with Crippen LogP contribution in [-0.2, 0) is 56.5 Å². The summed E-state index contributed by atoms with van der Waals surface area (Å²) in [5, 5.41) is 4.35. The zero-order chi connectivity index (χ0) is 38.4. The summed E-state index contributed by atoms with van der Waals surface area (Å²) in [6, 6.07) is 10.3. The van der Waals surface area contributed by atoms with Crippen LogP contribution in [0.25, 0.3) is 11.1 Å². The SMILES string of the molecule is CCCCCc1cc(C(=CC(=C=[N+]=[N-])CCCC)c2cc(CCCC)c(CCCC)c(CCCC)c2)cc(CCCCC)c1CCCCC.[CH3][Pd][CH3]. The van der Waals surface area contributed by atoms with Crippen molar-refractivity contribution in [2.45, 2.75) is 213 Å². The third kappa shape index (κ3) is 18.4. The van der Waals surface area contributed by atoms with Gasteiger partial charge in [-0.1, -0.05) is 137 Å². The Hall–Kier alpha value is -2.00. The Balaban J connectivity index is 0.00000434. The number of aryl methyl sites for hydroxylation is 4. The topological polar surface area (TPSA) is 36.4 Å². The number of hydrogen-bond donors (Lipinski definition) is 0. The number of benzene rings is 2. The number of allylic oxidation sites excluding steroid dienone is 2. The molecule has 0 amide bonds. The van der Waals surface area contributed by atoms with Crippen LogP contribution in [0.4, 0.5) is 0 Å². The Kier molecular flexibility index (Phi) is 29.0.